The molecule has 11 rings (SSSR count). The second kappa shape index (κ2) is 17.1. The van der Waals surface area contributed by atoms with Crippen molar-refractivity contribution in [1.29, 1.82) is 0 Å². The van der Waals surface area contributed by atoms with Crippen LogP contribution in [0.25, 0.3) is 49.9 Å². The van der Waals surface area contributed by atoms with Crippen molar-refractivity contribution < 1.29 is 25.8 Å². The van der Waals surface area contributed by atoms with E-state index in [1.807, 2.05) is 53.6 Å². The summed E-state index contributed by atoms with van der Waals surface area (Å²) in [6.07, 6.45) is 1.92. The molecule has 65 heavy (non-hydrogen) atoms. The molecule has 7 heteroatoms. The number of nitrogens with one attached hydrogen (secondary N) is 1. The van der Waals surface area contributed by atoms with Crippen molar-refractivity contribution in [3.05, 3.63) is 219 Å². The fourth-order valence-corrected chi connectivity index (χ4v) is 9.39. The topological polar surface area (TPSA) is 42.3 Å². The molecule has 318 valence electrons. The van der Waals surface area contributed by atoms with Crippen LogP contribution in [0.1, 0.15) is 26.3 Å². The maximum atomic E-state index is 6.81. The van der Waals surface area contributed by atoms with Crippen LogP contribution in [0, 0.1) is 19.2 Å². The molecule has 2 aromatic heterocycles. The normalized spacial score (nSPS) is 11.8. The summed E-state index contributed by atoms with van der Waals surface area (Å²) in [5.41, 5.74) is 14.9. The van der Waals surface area contributed by atoms with Gasteiger partial charge >= 0.3 is 0 Å². The Labute approximate surface area is 395 Å². The van der Waals surface area contributed by atoms with Crippen molar-refractivity contribution in [2.45, 2.75) is 26.2 Å². The minimum absolute atomic E-state index is 0. The van der Waals surface area contributed by atoms with Gasteiger partial charge in [0.25, 0.3) is 0 Å². The molecule has 0 unspecified atom stereocenters. The van der Waals surface area contributed by atoms with Gasteiger partial charge in [-0.15, -0.1) is 35.7 Å². The van der Waals surface area contributed by atoms with Gasteiger partial charge in [-0.25, -0.2) is 4.98 Å². The largest absolute Gasteiger partial charge is 0.509 e. The number of ether oxygens (including phenoxy) is 1. The molecule has 0 bridgehead atoms. The maximum absolute atomic E-state index is 6.81. The second-order valence-corrected chi connectivity index (χ2v) is 17.4. The molecular formula is C58H44BN4OPt-3. The molecule has 0 radical (unpaired) electrons. The van der Waals surface area contributed by atoms with Crippen LogP contribution in [-0.4, -0.2) is 16.3 Å². The standard InChI is InChI=1S/C58H44BN4O.Pt/c1-58(2,3)41-33-34-60-54(35-41)63-52-32-18-29-48-55(52)56-49(59(48)42-23-12-7-13-24-42)37-45(38-53(56)63)64-44-26-16-25-43(36-44)61-50-30-14-15-31-51(50)62(4)57-46(39-19-8-5-9-20-39)27-17-28-47(57)40-21-10-6-11-22-40;/h5-35,37,61H,4H2,1-3H3;/q-3;. The van der Waals surface area contributed by atoms with Crippen LogP contribution in [0.5, 0.6) is 11.5 Å². The smallest absolute Gasteiger partial charge is 0.217 e. The molecule has 0 spiro atoms. The summed E-state index contributed by atoms with van der Waals surface area (Å²) in [5.74, 6) is 2.04. The van der Waals surface area contributed by atoms with E-state index in [4.69, 9.17) is 16.8 Å². The SMILES string of the molecule is [CH2-]N(c1ccccc1Nc1[c-]c(Oc2[c-]c3c4c(c2)B(c2ccccc2)c2cccc(c24)n3-c2cc(C(C)(C)C)ccn2)ccc1)c1c(-c2ccccc2)cccc1-c1ccccc1.[Pt]. The van der Waals surface area contributed by atoms with Gasteiger partial charge in [0.05, 0.1) is 5.69 Å². The summed E-state index contributed by atoms with van der Waals surface area (Å²) >= 11 is 0. The molecular weight excluding hydrogens is 975 g/mol. The summed E-state index contributed by atoms with van der Waals surface area (Å²) in [7, 11) is 4.70. The van der Waals surface area contributed by atoms with Crippen molar-refractivity contribution in [2.75, 3.05) is 10.2 Å². The third-order valence-electron chi connectivity index (χ3n) is 12.4. The van der Waals surface area contributed by atoms with E-state index in [9.17, 15) is 0 Å². The van der Waals surface area contributed by atoms with E-state index < -0.39 is 0 Å². The summed E-state index contributed by atoms with van der Waals surface area (Å²) in [5, 5.41) is 6.10. The molecule has 0 fully saturated rings. The number of para-hydroxylation sites is 3. The Bertz CT molecular complexity index is 3290. The quantitative estimate of drug-likeness (QED) is 0.109. The minimum Gasteiger partial charge on any atom is -0.509 e. The average molecular weight is 1020 g/mol. The van der Waals surface area contributed by atoms with E-state index >= 15 is 0 Å². The molecule has 0 amide bonds. The van der Waals surface area contributed by atoms with E-state index in [1.165, 1.54) is 32.7 Å². The average Bonchev–Trinajstić information content (AvgIpc) is 3.85. The van der Waals surface area contributed by atoms with Gasteiger partial charge in [-0.1, -0.05) is 182 Å². The van der Waals surface area contributed by atoms with E-state index in [1.54, 1.807) is 0 Å². The number of aromatic nitrogens is 2. The summed E-state index contributed by atoms with van der Waals surface area (Å²) in [6.45, 7) is 6.76. The van der Waals surface area contributed by atoms with Gasteiger partial charge in [0, 0.05) is 66.8 Å². The zero-order valence-electron chi connectivity index (χ0n) is 36.3. The number of benzene rings is 8. The fourth-order valence-electron chi connectivity index (χ4n) is 9.39. The molecule has 10 aromatic rings. The van der Waals surface area contributed by atoms with E-state index in [0.717, 1.165) is 61.9 Å². The molecule has 0 aliphatic carbocycles. The van der Waals surface area contributed by atoms with Crippen LogP contribution >= 0.6 is 0 Å². The molecule has 5 nitrogen and oxygen atoms in total. The van der Waals surface area contributed by atoms with Gasteiger partial charge in [-0.2, -0.15) is 11.5 Å². The van der Waals surface area contributed by atoms with Gasteiger partial charge in [0.2, 0.25) is 6.71 Å². The Kier molecular flexibility index (Phi) is 11.0. The van der Waals surface area contributed by atoms with Crippen molar-refractivity contribution in [3.63, 3.8) is 0 Å². The third kappa shape index (κ3) is 7.62. The number of rotatable bonds is 10. The van der Waals surface area contributed by atoms with E-state index in [2.05, 4.69) is 188 Å². The molecule has 0 saturated carbocycles. The Morgan fingerprint density at radius 1 is 0.631 bits per heavy atom. The number of nitrogens with zero attached hydrogens (tertiary/aromatic N) is 3. The molecule has 1 aliphatic heterocycles. The van der Waals surface area contributed by atoms with Crippen molar-refractivity contribution in [3.8, 4) is 39.6 Å². The predicted molar refractivity (Wildman–Crippen MR) is 267 cm³/mol. The van der Waals surface area contributed by atoms with Crippen molar-refractivity contribution in [2.24, 2.45) is 0 Å². The first-order valence-corrected chi connectivity index (χ1v) is 21.8. The van der Waals surface area contributed by atoms with E-state index in [0.29, 0.717) is 11.5 Å². The van der Waals surface area contributed by atoms with Gasteiger partial charge in [-0.3, -0.25) is 7.05 Å². The number of anilines is 4. The first-order chi connectivity index (χ1) is 31.3. The van der Waals surface area contributed by atoms with Crippen LogP contribution in [0.2, 0.25) is 0 Å². The van der Waals surface area contributed by atoms with Crippen molar-refractivity contribution in [1.82, 2.24) is 9.55 Å². The number of hydrogen-bond donors (Lipinski definition) is 1. The molecule has 1 aliphatic rings. The summed E-state index contributed by atoms with van der Waals surface area (Å²) < 4.78 is 9.06. The van der Waals surface area contributed by atoms with Gasteiger partial charge in [0.15, 0.2) is 0 Å². The molecule has 0 atom stereocenters. The number of hydrogen-bond acceptors (Lipinski definition) is 4. The Morgan fingerprint density at radius 3 is 1.98 bits per heavy atom. The second-order valence-electron chi connectivity index (χ2n) is 17.4. The molecule has 0 saturated heterocycles. The van der Waals surface area contributed by atoms with Gasteiger partial charge in [0.1, 0.15) is 5.82 Å². The Balaban J connectivity index is 0.00000498. The first kappa shape index (κ1) is 41.8. The minimum atomic E-state index is -0.0424. The van der Waals surface area contributed by atoms with Gasteiger partial charge < -0.3 is 19.5 Å². The maximum Gasteiger partial charge on any atom is 0.217 e. The zero-order chi connectivity index (χ0) is 43.4. The van der Waals surface area contributed by atoms with Gasteiger partial charge in [-0.05, 0) is 52.4 Å². The van der Waals surface area contributed by atoms with Crippen LogP contribution in [0.15, 0.2) is 194 Å². The van der Waals surface area contributed by atoms with E-state index in [-0.39, 0.29) is 33.2 Å². The first-order valence-electron chi connectivity index (χ1n) is 21.8. The molecule has 1 N–H and O–H groups in total. The summed E-state index contributed by atoms with van der Waals surface area (Å²) in [4.78, 5) is 6.99. The molecule has 3 heterocycles. The monoisotopic (exact) mass is 1020 g/mol. The third-order valence-corrected chi connectivity index (χ3v) is 12.4. The van der Waals surface area contributed by atoms with Crippen LogP contribution in [0.4, 0.5) is 22.7 Å². The fraction of sp³-hybridized carbons (Fsp3) is 0.0690. The Morgan fingerprint density at radius 2 is 1.28 bits per heavy atom. The van der Waals surface area contributed by atoms with Crippen LogP contribution < -0.4 is 31.3 Å². The summed E-state index contributed by atoms with van der Waals surface area (Å²) in [6, 6.07) is 72.8. The van der Waals surface area contributed by atoms with Crippen molar-refractivity contribution >= 4 is 67.7 Å². The van der Waals surface area contributed by atoms with Crippen LogP contribution in [0.3, 0.4) is 0 Å². The predicted octanol–water partition coefficient (Wildman–Crippen LogP) is 12.7. The number of pyridine rings is 1. The van der Waals surface area contributed by atoms with Crippen LogP contribution in [-0.2, 0) is 26.5 Å². The Hall–Kier alpha value is -7.14. The molecule has 8 aromatic carbocycles. The zero-order valence-corrected chi connectivity index (χ0v) is 38.6.